The number of hydrogen-bond donors (Lipinski definition) is 0. The van der Waals surface area contributed by atoms with E-state index in [1.165, 1.54) is 11.3 Å². The number of benzene rings is 2. The second-order valence-corrected chi connectivity index (χ2v) is 8.10. The molecule has 0 N–H and O–H groups in total. The molecule has 1 aliphatic rings. The van der Waals surface area contributed by atoms with Crippen LogP contribution in [0, 0.1) is 0 Å². The van der Waals surface area contributed by atoms with Crippen LogP contribution in [-0.4, -0.2) is 11.9 Å². The standard InChI is InChI=1S/C18H7Cl4NO2S/c19-9-3-1-8(2-4-9)5-12-18(24)25-17(23-12)16-15(22)14-11(21)6-10(20)7-13(14)26-16/h1-7H/b12-5-. The number of nitrogens with zero attached hydrogens (tertiary/aromatic N) is 1. The second-order valence-electron chi connectivity index (χ2n) is 5.39. The molecule has 0 spiro atoms. The van der Waals surface area contributed by atoms with Gasteiger partial charge in [-0.25, -0.2) is 9.79 Å². The molecule has 3 nitrogen and oxygen atoms in total. The largest absolute Gasteiger partial charge is 0.401 e. The fraction of sp³-hybridized carbons (Fsp3) is 0. The predicted molar refractivity (Wildman–Crippen MR) is 109 cm³/mol. The lowest BCUT2D eigenvalue weighted by Gasteiger charge is -1.97. The van der Waals surface area contributed by atoms with Crippen molar-refractivity contribution in [2.24, 2.45) is 4.99 Å². The summed E-state index contributed by atoms with van der Waals surface area (Å²) in [5, 5.41) is 2.58. The van der Waals surface area contributed by atoms with Gasteiger partial charge in [0, 0.05) is 20.1 Å². The average Bonchev–Trinajstić information content (AvgIpc) is 3.10. The van der Waals surface area contributed by atoms with E-state index in [1.54, 1.807) is 42.5 Å². The molecule has 0 saturated heterocycles. The number of fused-ring (bicyclic) bond motifs is 1. The lowest BCUT2D eigenvalue weighted by molar-refractivity contribution is -0.129. The van der Waals surface area contributed by atoms with E-state index in [2.05, 4.69) is 4.99 Å². The lowest BCUT2D eigenvalue weighted by atomic mass is 10.2. The van der Waals surface area contributed by atoms with Crippen molar-refractivity contribution in [3.8, 4) is 0 Å². The molecular formula is C18H7Cl4NO2S. The summed E-state index contributed by atoms with van der Waals surface area (Å²) >= 11 is 25.9. The van der Waals surface area contributed by atoms with Crippen LogP contribution >= 0.6 is 57.7 Å². The van der Waals surface area contributed by atoms with Crippen LogP contribution < -0.4 is 0 Å². The predicted octanol–water partition coefficient (Wildman–Crippen LogP) is 6.86. The van der Waals surface area contributed by atoms with Crippen LogP contribution in [0.3, 0.4) is 0 Å². The highest BCUT2D eigenvalue weighted by molar-refractivity contribution is 7.21. The van der Waals surface area contributed by atoms with E-state index in [1.807, 2.05) is 0 Å². The maximum Gasteiger partial charge on any atom is 0.363 e. The van der Waals surface area contributed by atoms with Crippen LogP contribution in [0.2, 0.25) is 20.1 Å². The van der Waals surface area contributed by atoms with Gasteiger partial charge in [0.25, 0.3) is 0 Å². The Labute approximate surface area is 172 Å². The maximum atomic E-state index is 12.2. The Morgan fingerprint density at radius 2 is 1.73 bits per heavy atom. The lowest BCUT2D eigenvalue weighted by Crippen LogP contribution is -2.04. The van der Waals surface area contributed by atoms with Crippen molar-refractivity contribution >= 4 is 85.8 Å². The molecule has 0 bridgehead atoms. The Morgan fingerprint density at radius 1 is 1.00 bits per heavy atom. The van der Waals surface area contributed by atoms with Crippen molar-refractivity contribution in [2.75, 3.05) is 0 Å². The smallest absolute Gasteiger partial charge is 0.363 e. The molecule has 0 radical (unpaired) electrons. The fourth-order valence-electron chi connectivity index (χ4n) is 2.47. The van der Waals surface area contributed by atoms with E-state index in [9.17, 15) is 4.79 Å². The summed E-state index contributed by atoms with van der Waals surface area (Å²) in [7, 11) is 0. The van der Waals surface area contributed by atoms with Crippen LogP contribution in [0.5, 0.6) is 0 Å². The number of carbonyl (C=O) groups excluding carboxylic acids is 1. The van der Waals surface area contributed by atoms with Crippen molar-refractivity contribution in [3.05, 3.63) is 72.6 Å². The van der Waals surface area contributed by atoms with Gasteiger partial charge in [0.15, 0.2) is 5.70 Å². The molecule has 2 aromatic carbocycles. The minimum Gasteiger partial charge on any atom is -0.401 e. The van der Waals surface area contributed by atoms with Crippen molar-refractivity contribution < 1.29 is 9.53 Å². The minimum atomic E-state index is -0.549. The molecule has 0 amide bonds. The highest BCUT2D eigenvalue weighted by Crippen LogP contribution is 2.42. The second kappa shape index (κ2) is 6.87. The van der Waals surface area contributed by atoms with Crippen molar-refractivity contribution in [3.63, 3.8) is 0 Å². The van der Waals surface area contributed by atoms with Gasteiger partial charge in [-0.1, -0.05) is 58.5 Å². The normalized spacial score (nSPS) is 15.6. The van der Waals surface area contributed by atoms with Gasteiger partial charge in [-0.05, 0) is 35.9 Å². The van der Waals surface area contributed by atoms with E-state index < -0.39 is 5.97 Å². The Hall–Kier alpha value is -1.56. The first-order valence-electron chi connectivity index (χ1n) is 7.28. The first kappa shape index (κ1) is 17.8. The number of aliphatic imine (C=N–C) groups is 1. The topological polar surface area (TPSA) is 38.7 Å². The molecule has 130 valence electrons. The van der Waals surface area contributed by atoms with Crippen LogP contribution in [0.15, 0.2) is 47.1 Å². The first-order chi connectivity index (χ1) is 12.4. The van der Waals surface area contributed by atoms with Gasteiger partial charge in [-0.15, -0.1) is 11.3 Å². The molecule has 1 aliphatic heterocycles. The van der Waals surface area contributed by atoms with Crippen LogP contribution in [0.1, 0.15) is 10.4 Å². The number of rotatable bonds is 2. The summed E-state index contributed by atoms with van der Waals surface area (Å²) in [4.78, 5) is 17.0. The van der Waals surface area contributed by atoms with Gasteiger partial charge in [-0.3, -0.25) is 0 Å². The monoisotopic (exact) mass is 441 g/mol. The number of halogens is 4. The summed E-state index contributed by atoms with van der Waals surface area (Å²) in [5.41, 5.74) is 0.962. The molecule has 0 unspecified atom stereocenters. The minimum absolute atomic E-state index is 0.147. The fourth-order valence-corrected chi connectivity index (χ4v) is 4.90. The number of hydrogen-bond acceptors (Lipinski definition) is 4. The number of ether oxygens (including phenoxy) is 1. The van der Waals surface area contributed by atoms with Crippen LogP contribution in [0.25, 0.3) is 16.2 Å². The third-order valence-corrected chi connectivity index (χ3v) is 6.02. The average molecular weight is 443 g/mol. The summed E-state index contributed by atoms with van der Waals surface area (Å²) in [6.45, 7) is 0. The van der Waals surface area contributed by atoms with E-state index in [0.717, 1.165) is 10.3 Å². The Bertz CT molecular complexity index is 1120. The third kappa shape index (κ3) is 3.24. The summed E-state index contributed by atoms with van der Waals surface area (Å²) in [6, 6.07) is 10.4. The molecule has 1 aromatic heterocycles. The highest BCUT2D eigenvalue weighted by Gasteiger charge is 2.28. The summed E-state index contributed by atoms with van der Waals surface area (Å²) in [5.74, 6) is -0.402. The van der Waals surface area contributed by atoms with Crippen molar-refractivity contribution in [2.45, 2.75) is 0 Å². The molecular weight excluding hydrogens is 436 g/mol. The summed E-state index contributed by atoms with van der Waals surface area (Å²) < 4.78 is 6.09. The van der Waals surface area contributed by atoms with Crippen LogP contribution in [-0.2, 0) is 9.53 Å². The molecule has 8 heteroatoms. The number of cyclic esters (lactones) is 1. The zero-order valence-corrected chi connectivity index (χ0v) is 16.6. The molecule has 26 heavy (non-hydrogen) atoms. The van der Waals surface area contributed by atoms with Gasteiger partial charge >= 0.3 is 5.97 Å². The Morgan fingerprint density at radius 3 is 2.46 bits per heavy atom. The van der Waals surface area contributed by atoms with Gasteiger partial charge < -0.3 is 4.74 Å². The van der Waals surface area contributed by atoms with E-state index in [0.29, 0.717) is 30.4 Å². The first-order valence-corrected chi connectivity index (χ1v) is 9.61. The van der Waals surface area contributed by atoms with Gasteiger partial charge in [0.05, 0.1) is 10.0 Å². The highest BCUT2D eigenvalue weighted by atomic mass is 35.5. The molecule has 0 saturated carbocycles. The van der Waals surface area contributed by atoms with Gasteiger partial charge in [0.2, 0.25) is 5.90 Å². The van der Waals surface area contributed by atoms with Gasteiger partial charge in [-0.2, -0.15) is 0 Å². The molecule has 2 heterocycles. The SMILES string of the molecule is O=C1OC(c2sc3cc(Cl)cc(Cl)c3c2Cl)=N/C1=C\c1ccc(Cl)cc1. The molecule has 0 atom stereocenters. The maximum absolute atomic E-state index is 12.2. The van der Waals surface area contributed by atoms with Crippen molar-refractivity contribution in [1.29, 1.82) is 0 Å². The van der Waals surface area contributed by atoms with E-state index in [4.69, 9.17) is 51.1 Å². The zero-order valence-electron chi connectivity index (χ0n) is 12.7. The van der Waals surface area contributed by atoms with Crippen molar-refractivity contribution in [1.82, 2.24) is 0 Å². The van der Waals surface area contributed by atoms with Gasteiger partial charge in [0.1, 0.15) is 4.88 Å². The summed E-state index contributed by atoms with van der Waals surface area (Å²) in [6.07, 6.45) is 1.62. The quantitative estimate of drug-likeness (QED) is 0.321. The van der Waals surface area contributed by atoms with Crippen LogP contribution in [0.4, 0.5) is 0 Å². The Kier molecular flexibility index (Phi) is 4.71. The molecule has 0 aliphatic carbocycles. The molecule has 4 rings (SSSR count). The Balaban J connectivity index is 1.78. The molecule has 3 aromatic rings. The van der Waals surface area contributed by atoms with E-state index >= 15 is 0 Å². The number of carbonyl (C=O) groups is 1. The third-order valence-electron chi connectivity index (χ3n) is 3.64. The molecule has 0 fully saturated rings. The number of esters is 1. The van der Waals surface area contributed by atoms with E-state index in [-0.39, 0.29) is 11.6 Å². The zero-order chi connectivity index (χ0) is 18.4. The number of thiophene rings is 1.